The highest BCUT2D eigenvalue weighted by Gasteiger charge is 2.27. The van der Waals surface area contributed by atoms with E-state index in [1.807, 2.05) is 6.82 Å². The van der Waals surface area contributed by atoms with Crippen molar-refractivity contribution in [1.82, 2.24) is 10.1 Å². The molecular weight excluding hydrogens is 167 g/mol. The maximum atomic E-state index is 9.50. The van der Waals surface area contributed by atoms with Crippen LogP contribution in [0.4, 0.5) is 0 Å². The maximum absolute atomic E-state index is 9.50. The van der Waals surface area contributed by atoms with Crippen LogP contribution in [0.3, 0.4) is 0 Å². The van der Waals surface area contributed by atoms with E-state index in [2.05, 4.69) is 10.1 Å². The Morgan fingerprint density at radius 2 is 2.46 bits per heavy atom. The molecule has 1 heterocycles. The van der Waals surface area contributed by atoms with E-state index in [-0.39, 0.29) is 7.05 Å². The molecule has 0 amide bonds. The van der Waals surface area contributed by atoms with Gasteiger partial charge in [0.05, 0.1) is 0 Å². The van der Waals surface area contributed by atoms with Crippen LogP contribution < -0.4 is 5.32 Å². The highest BCUT2D eigenvalue weighted by molar-refractivity contribution is 6.45. The topological polar surface area (TPSA) is 44.7 Å². The van der Waals surface area contributed by atoms with Crippen LogP contribution in [0.15, 0.2) is 0 Å². The van der Waals surface area contributed by atoms with Gasteiger partial charge >= 0.3 is 7.05 Å². The van der Waals surface area contributed by atoms with E-state index in [1.54, 1.807) is 7.11 Å². The summed E-state index contributed by atoms with van der Waals surface area (Å²) in [5, 5.41) is 12.8. The van der Waals surface area contributed by atoms with Crippen LogP contribution in [-0.4, -0.2) is 56.3 Å². The summed E-state index contributed by atoms with van der Waals surface area (Å²) in [6.45, 7) is 5.43. The molecule has 13 heavy (non-hydrogen) atoms. The molecule has 0 radical (unpaired) electrons. The zero-order valence-electron chi connectivity index (χ0n) is 8.49. The molecule has 4 nitrogen and oxygen atoms in total. The summed E-state index contributed by atoms with van der Waals surface area (Å²) < 4.78 is 5.04. The van der Waals surface area contributed by atoms with Crippen LogP contribution in [0.2, 0.25) is 6.82 Å². The third kappa shape index (κ3) is 3.27. The number of rotatable bonds is 4. The SMILES string of the molecule is COCC[C@H]1CNCCN1B(C)O. The van der Waals surface area contributed by atoms with Crippen LogP contribution in [0.5, 0.6) is 0 Å². The lowest BCUT2D eigenvalue weighted by atomic mass is 9.81. The number of hydrogen-bond donors (Lipinski definition) is 2. The Bertz CT molecular complexity index is 146. The van der Waals surface area contributed by atoms with Gasteiger partial charge in [-0.3, -0.25) is 0 Å². The number of hydrogen-bond acceptors (Lipinski definition) is 4. The average molecular weight is 186 g/mol. The first-order chi connectivity index (χ1) is 6.25. The Morgan fingerprint density at radius 1 is 1.69 bits per heavy atom. The number of nitrogens with zero attached hydrogens (tertiary/aromatic N) is 1. The lowest BCUT2D eigenvalue weighted by molar-refractivity contribution is 0.148. The van der Waals surface area contributed by atoms with Gasteiger partial charge in [-0.15, -0.1) is 0 Å². The van der Waals surface area contributed by atoms with Crippen LogP contribution in [0, 0.1) is 0 Å². The summed E-state index contributed by atoms with van der Waals surface area (Å²) >= 11 is 0. The highest BCUT2D eigenvalue weighted by atomic mass is 16.5. The molecule has 1 rings (SSSR count). The molecule has 0 aromatic heterocycles. The van der Waals surface area contributed by atoms with Gasteiger partial charge in [0.25, 0.3) is 0 Å². The van der Waals surface area contributed by atoms with Crippen LogP contribution in [0.25, 0.3) is 0 Å². The quantitative estimate of drug-likeness (QED) is 0.576. The predicted octanol–water partition coefficient (Wildman–Crippen LogP) is -0.593. The fraction of sp³-hybridized carbons (Fsp3) is 1.00. The summed E-state index contributed by atoms with van der Waals surface area (Å²) in [5.41, 5.74) is 0. The normalized spacial score (nSPS) is 24.7. The fourth-order valence-corrected chi connectivity index (χ4v) is 1.79. The third-order valence-electron chi connectivity index (χ3n) is 2.53. The van der Waals surface area contributed by atoms with Crippen molar-refractivity contribution >= 4 is 7.05 Å². The first-order valence-corrected chi connectivity index (χ1v) is 4.89. The van der Waals surface area contributed by atoms with Gasteiger partial charge in [-0.2, -0.15) is 0 Å². The van der Waals surface area contributed by atoms with Gasteiger partial charge in [-0.05, 0) is 13.2 Å². The van der Waals surface area contributed by atoms with Crippen molar-refractivity contribution in [3.63, 3.8) is 0 Å². The Kier molecular flexibility index (Phi) is 4.73. The molecule has 1 fully saturated rings. The van der Waals surface area contributed by atoms with E-state index in [9.17, 15) is 5.02 Å². The smallest absolute Gasteiger partial charge is 0.376 e. The van der Waals surface area contributed by atoms with Crippen molar-refractivity contribution in [2.24, 2.45) is 0 Å². The molecule has 1 aliphatic rings. The molecule has 1 saturated heterocycles. The molecule has 1 aliphatic heterocycles. The molecule has 0 unspecified atom stereocenters. The Balaban J connectivity index is 2.37. The van der Waals surface area contributed by atoms with Gasteiger partial charge in [0.1, 0.15) is 0 Å². The van der Waals surface area contributed by atoms with Gasteiger partial charge < -0.3 is 19.9 Å². The molecule has 76 valence electrons. The van der Waals surface area contributed by atoms with Gasteiger partial charge in [0, 0.05) is 39.4 Å². The third-order valence-corrected chi connectivity index (χ3v) is 2.53. The minimum absolute atomic E-state index is 0.344. The largest absolute Gasteiger partial charge is 0.437 e. The van der Waals surface area contributed by atoms with E-state index in [0.717, 1.165) is 32.7 Å². The lowest BCUT2D eigenvalue weighted by Crippen LogP contribution is -2.56. The minimum atomic E-state index is -0.344. The average Bonchev–Trinajstić information content (AvgIpc) is 2.15. The number of nitrogens with one attached hydrogen (secondary N) is 1. The standard InChI is InChI=1S/C8H19BN2O2/c1-9(12)11-5-4-10-7-8(11)3-6-13-2/h8,10,12H,3-7H2,1-2H3/t8-/m0/s1. The van der Waals surface area contributed by atoms with Gasteiger partial charge in [0.15, 0.2) is 0 Å². The highest BCUT2D eigenvalue weighted by Crippen LogP contribution is 2.08. The fourth-order valence-electron chi connectivity index (χ4n) is 1.79. The van der Waals surface area contributed by atoms with Gasteiger partial charge in [-0.25, -0.2) is 0 Å². The molecule has 0 aromatic carbocycles. The summed E-state index contributed by atoms with van der Waals surface area (Å²) in [4.78, 5) is 2.12. The summed E-state index contributed by atoms with van der Waals surface area (Å²) in [6, 6.07) is 0.411. The maximum Gasteiger partial charge on any atom is 0.376 e. The second kappa shape index (κ2) is 5.60. The summed E-state index contributed by atoms with van der Waals surface area (Å²) in [5.74, 6) is 0. The molecular formula is C8H19BN2O2. The van der Waals surface area contributed by atoms with E-state index >= 15 is 0 Å². The monoisotopic (exact) mass is 186 g/mol. The molecule has 0 aromatic rings. The molecule has 0 saturated carbocycles. The molecule has 2 N–H and O–H groups in total. The number of ether oxygens (including phenoxy) is 1. The summed E-state index contributed by atoms with van der Waals surface area (Å²) in [7, 11) is 1.37. The van der Waals surface area contributed by atoms with Crippen molar-refractivity contribution in [1.29, 1.82) is 0 Å². The van der Waals surface area contributed by atoms with E-state index in [0.29, 0.717) is 6.04 Å². The van der Waals surface area contributed by atoms with Gasteiger partial charge in [0.2, 0.25) is 0 Å². The van der Waals surface area contributed by atoms with E-state index in [1.165, 1.54) is 0 Å². The van der Waals surface area contributed by atoms with E-state index in [4.69, 9.17) is 4.74 Å². The van der Waals surface area contributed by atoms with Crippen molar-refractivity contribution in [2.45, 2.75) is 19.3 Å². The number of methoxy groups -OCH3 is 1. The molecule has 1 atom stereocenters. The van der Waals surface area contributed by atoms with E-state index < -0.39 is 0 Å². The Hall–Kier alpha value is -0.0951. The van der Waals surface area contributed by atoms with Crippen LogP contribution in [0.1, 0.15) is 6.42 Å². The summed E-state index contributed by atoms with van der Waals surface area (Å²) in [6.07, 6.45) is 0.981. The van der Waals surface area contributed by atoms with Crippen LogP contribution in [-0.2, 0) is 4.74 Å². The zero-order chi connectivity index (χ0) is 9.68. The first-order valence-electron chi connectivity index (χ1n) is 4.89. The van der Waals surface area contributed by atoms with Crippen molar-refractivity contribution in [3.8, 4) is 0 Å². The lowest BCUT2D eigenvalue weighted by Gasteiger charge is -2.36. The Morgan fingerprint density at radius 3 is 3.08 bits per heavy atom. The first kappa shape index (κ1) is 11.0. The minimum Gasteiger partial charge on any atom is -0.437 e. The molecule has 0 aliphatic carbocycles. The van der Waals surface area contributed by atoms with Crippen molar-refractivity contribution in [3.05, 3.63) is 0 Å². The molecule has 0 spiro atoms. The zero-order valence-corrected chi connectivity index (χ0v) is 8.49. The van der Waals surface area contributed by atoms with Crippen molar-refractivity contribution < 1.29 is 9.76 Å². The Labute approximate surface area is 80.4 Å². The second-order valence-corrected chi connectivity index (χ2v) is 3.51. The molecule has 0 bridgehead atoms. The number of piperazine rings is 1. The van der Waals surface area contributed by atoms with Crippen molar-refractivity contribution in [2.75, 3.05) is 33.4 Å². The molecule has 5 heteroatoms. The van der Waals surface area contributed by atoms with Gasteiger partial charge in [-0.1, -0.05) is 0 Å². The van der Waals surface area contributed by atoms with Crippen LogP contribution >= 0.6 is 0 Å². The predicted molar refractivity (Wildman–Crippen MR) is 53.7 cm³/mol. The second-order valence-electron chi connectivity index (χ2n) is 3.51.